The van der Waals surface area contributed by atoms with E-state index in [1.165, 1.54) is 31.2 Å². The first-order valence-corrected chi connectivity index (χ1v) is 18.5. The molecule has 11 N–H and O–H groups in total. The van der Waals surface area contributed by atoms with Gasteiger partial charge < -0.3 is 57.7 Å². The van der Waals surface area contributed by atoms with Gasteiger partial charge in [-0.1, -0.05) is 42.0 Å². The average molecular weight is 818 g/mol. The summed E-state index contributed by atoms with van der Waals surface area (Å²) in [5, 5.41) is 43.3. The van der Waals surface area contributed by atoms with Gasteiger partial charge in [-0.15, -0.1) is 0 Å². The smallest absolute Gasteiger partial charge is 0.341 e. The van der Waals surface area contributed by atoms with Crippen LogP contribution in [0, 0.1) is 6.92 Å². The predicted octanol–water partition coefficient (Wildman–Crippen LogP) is -2.88. The highest BCUT2D eigenvalue weighted by molar-refractivity contribution is 7.99. The average Bonchev–Trinajstić information content (AvgIpc) is 3.14. The van der Waals surface area contributed by atoms with E-state index in [0.29, 0.717) is 23.3 Å². The van der Waals surface area contributed by atoms with Crippen LogP contribution in [0.1, 0.15) is 30.0 Å². The number of aryl methyl sites for hydroxylation is 1. The number of aliphatic hydroxyl groups excluding tert-OH is 1. The number of rotatable bonds is 26. The summed E-state index contributed by atoms with van der Waals surface area (Å²) < 4.78 is 5.13. The van der Waals surface area contributed by atoms with Crippen molar-refractivity contribution in [2.45, 2.75) is 63.4 Å². The molecule has 0 fully saturated rings. The van der Waals surface area contributed by atoms with E-state index >= 15 is 0 Å². The highest BCUT2D eigenvalue weighted by atomic mass is 32.2. The van der Waals surface area contributed by atoms with Crippen LogP contribution >= 0.6 is 11.8 Å². The first-order chi connectivity index (χ1) is 27.0. The molecular formula is C36H47N7O13S. The van der Waals surface area contributed by atoms with E-state index in [0.717, 1.165) is 17.3 Å². The number of benzene rings is 2. The topological polar surface area (TPSA) is 322 Å². The summed E-state index contributed by atoms with van der Waals surface area (Å²) in [6.07, 6.45) is -2.35. The largest absolute Gasteiger partial charge is 0.482 e. The molecule has 21 heteroatoms. The Bertz CT molecular complexity index is 1740. The number of aliphatic carboxylic acids is 2. The second-order valence-electron chi connectivity index (χ2n) is 12.6. The zero-order valence-corrected chi connectivity index (χ0v) is 32.0. The Morgan fingerprint density at radius 3 is 2.02 bits per heavy atom. The van der Waals surface area contributed by atoms with E-state index in [4.69, 9.17) is 15.6 Å². The maximum absolute atomic E-state index is 13.9. The minimum Gasteiger partial charge on any atom is -0.482 e. The minimum absolute atomic E-state index is 0.1000. The normalized spacial score (nSPS) is 13.2. The molecular weight excluding hydrogens is 770 g/mol. The van der Waals surface area contributed by atoms with Gasteiger partial charge in [0.25, 0.3) is 0 Å². The van der Waals surface area contributed by atoms with Crippen molar-refractivity contribution in [3.05, 3.63) is 65.2 Å². The summed E-state index contributed by atoms with van der Waals surface area (Å²) in [6.45, 7) is 2.10. The quantitative estimate of drug-likeness (QED) is 0.0337. The van der Waals surface area contributed by atoms with Crippen molar-refractivity contribution in [1.29, 1.82) is 0 Å². The molecule has 0 heterocycles. The van der Waals surface area contributed by atoms with E-state index in [1.54, 1.807) is 31.2 Å². The third-order valence-corrected chi connectivity index (χ3v) is 8.71. The fourth-order valence-corrected chi connectivity index (χ4v) is 5.73. The maximum atomic E-state index is 13.9. The van der Waals surface area contributed by atoms with E-state index in [9.17, 15) is 53.4 Å². The number of aliphatic hydroxyl groups is 1. The lowest BCUT2D eigenvalue weighted by Crippen LogP contribution is -2.60. The fourth-order valence-electron chi connectivity index (χ4n) is 5.06. The van der Waals surface area contributed by atoms with Gasteiger partial charge in [-0.05, 0) is 37.1 Å². The number of hydrogen-bond donors (Lipinski definition) is 10. The number of carboxylic acid groups (broad SMARTS) is 2. The standard InChI is InChI=1S/C36H47N7O13S/c1-20-4-3-5-23(12-20)14-25(33(52)39-16-28(37)46)40-35(54)27(15-30(48)49)41-34(53)26(13-22-6-8-24(9-7-22)56-17-31(50)51)42-36(55)32(21(2)45)43-29(47)18-57-11-10-38-19-44/h3-9,12,19,21,25-27,32,45H,10-11,13-18H2,1-2H3,(H2,37,46)(H,38,44)(H,39,52)(H,40,54)(H,41,53)(H,42,55)(H,43,47)(H,48,49)(H,50,51). The Balaban J connectivity index is 2.39. The molecule has 57 heavy (non-hydrogen) atoms. The Morgan fingerprint density at radius 2 is 1.42 bits per heavy atom. The van der Waals surface area contributed by atoms with Gasteiger partial charge in [-0.25, -0.2) is 4.79 Å². The van der Waals surface area contributed by atoms with Gasteiger partial charge in [0, 0.05) is 25.1 Å². The number of carbonyl (C=O) groups is 9. The van der Waals surface area contributed by atoms with Crippen molar-refractivity contribution in [3.8, 4) is 5.75 Å². The number of hydrogen-bond acceptors (Lipinski definition) is 12. The zero-order chi connectivity index (χ0) is 42.5. The monoisotopic (exact) mass is 817 g/mol. The molecule has 0 aliphatic carbocycles. The van der Waals surface area contributed by atoms with Gasteiger partial charge in [-0.2, -0.15) is 11.8 Å². The molecule has 0 aromatic heterocycles. The molecule has 0 radical (unpaired) electrons. The molecule has 0 saturated carbocycles. The molecule has 0 aliphatic heterocycles. The van der Waals surface area contributed by atoms with Gasteiger partial charge in [-0.3, -0.25) is 38.4 Å². The summed E-state index contributed by atoms with van der Waals surface area (Å²) in [4.78, 5) is 111. The Hall–Kier alpha value is -6.22. The predicted molar refractivity (Wildman–Crippen MR) is 203 cm³/mol. The number of ether oxygens (including phenoxy) is 1. The van der Waals surface area contributed by atoms with Crippen LogP contribution in [-0.4, -0.2) is 131 Å². The molecule has 0 aliphatic rings. The van der Waals surface area contributed by atoms with Crippen molar-refractivity contribution in [2.75, 3.05) is 31.2 Å². The van der Waals surface area contributed by atoms with Crippen LogP contribution in [0.4, 0.5) is 0 Å². The molecule has 7 amide bonds. The van der Waals surface area contributed by atoms with Crippen LogP contribution < -0.4 is 42.4 Å². The third-order valence-electron chi connectivity index (χ3n) is 7.75. The van der Waals surface area contributed by atoms with Crippen LogP contribution in [0.2, 0.25) is 0 Å². The Labute approximate surface area is 331 Å². The zero-order valence-electron chi connectivity index (χ0n) is 31.1. The number of carboxylic acids is 2. The molecule has 5 unspecified atom stereocenters. The third kappa shape index (κ3) is 18.3. The van der Waals surface area contributed by atoms with Gasteiger partial charge >= 0.3 is 11.9 Å². The van der Waals surface area contributed by atoms with Crippen LogP contribution in [0.5, 0.6) is 5.75 Å². The number of nitrogens with one attached hydrogen (secondary N) is 6. The minimum atomic E-state index is -1.82. The summed E-state index contributed by atoms with van der Waals surface area (Å²) in [6, 6.07) is 6.31. The first kappa shape index (κ1) is 46.9. The summed E-state index contributed by atoms with van der Waals surface area (Å²) in [7, 11) is 0. The van der Waals surface area contributed by atoms with Crippen LogP contribution in [0.3, 0.4) is 0 Å². The highest BCUT2D eigenvalue weighted by Gasteiger charge is 2.34. The molecule has 2 rings (SSSR count). The second-order valence-corrected chi connectivity index (χ2v) is 13.7. The van der Waals surface area contributed by atoms with E-state index < -0.39 is 97.2 Å². The van der Waals surface area contributed by atoms with E-state index in [-0.39, 0.29) is 30.9 Å². The molecule has 0 spiro atoms. The number of thioether (sulfide) groups is 1. The molecule has 2 aromatic carbocycles. The molecule has 5 atom stereocenters. The van der Waals surface area contributed by atoms with Crippen molar-refractivity contribution in [1.82, 2.24) is 31.9 Å². The highest BCUT2D eigenvalue weighted by Crippen LogP contribution is 2.15. The molecule has 0 saturated heterocycles. The van der Waals surface area contributed by atoms with Gasteiger partial charge in [0.2, 0.25) is 41.9 Å². The SMILES string of the molecule is Cc1cccc(CC(NC(=O)C(CC(=O)O)NC(=O)C(Cc2ccc(OCC(=O)O)cc2)NC(=O)C(NC(=O)CSCCNC=O)C(C)O)C(=O)NCC(N)=O)c1. The lowest BCUT2D eigenvalue weighted by atomic mass is 10.0. The number of primary amides is 1. The first-order valence-electron chi connectivity index (χ1n) is 17.4. The van der Waals surface area contributed by atoms with Crippen molar-refractivity contribution >= 4 is 65.6 Å². The van der Waals surface area contributed by atoms with Crippen molar-refractivity contribution in [3.63, 3.8) is 0 Å². The lowest BCUT2D eigenvalue weighted by Gasteiger charge is -2.27. The van der Waals surface area contributed by atoms with E-state index in [1.807, 2.05) is 0 Å². The Morgan fingerprint density at radius 1 is 0.807 bits per heavy atom. The van der Waals surface area contributed by atoms with Gasteiger partial charge in [0.05, 0.1) is 24.8 Å². The number of nitrogens with two attached hydrogens (primary N) is 1. The van der Waals surface area contributed by atoms with E-state index in [2.05, 4.69) is 31.9 Å². The summed E-state index contributed by atoms with van der Waals surface area (Å²) in [5.41, 5.74) is 6.97. The summed E-state index contributed by atoms with van der Waals surface area (Å²) >= 11 is 1.13. The van der Waals surface area contributed by atoms with Crippen LogP contribution in [0.15, 0.2) is 48.5 Å². The Kier molecular flexibility index (Phi) is 20.0. The lowest BCUT2D eigenvalue weighted by molar-refractivity contribution is -0.141. The molecule has 310 valence electrons. The fraction of sp³-hybridized carbons (Fsp3) is 0.417. The maximum Gasteiger partial charge on any atom is 0.341 e. The van der Waals surface area contributed by atoms with Gasteiger partial charge in [0.15, 0.2) is 6.61 Å². The van der Waals surface area contributed by atoms with Gasteiger partial charge in [0.1, 0.15) is 29.9 Å². The number of carbonyl (C=O) groups excluding carboxylic acids is 7. The molecule has 20 nitrogen and oxygen atoms in total. The van der Waals surface area contributed by atoms with Crippen LogP contribution in [0.25, 0.3) is 0 Å². The molecule has 2 aromatic rings. The summed E-state index contributed by atoms with van der Waals surface area (Å²) in [5.74, 6) is -7.87. The van der Waals surface area contributed by atoms with Crippen molar-refractivity contribution < 1.29 is 63.2 Å². The second kappa shape index (κ2) is 24.3. The van der Waals surface area contributed by atoms with Crippen molar-refractivity contribution in [2.24, 2.45) is 5.73 Å². The number of amides is 7. The van der Waals surface area contributed by atoms with Crippen LogP contribution in [-0.2, 0) is 56.0 Å². The molecule has 0 bridgehead atoms.